The normalized spacial score (nSPS) is 19.1. The van der Waals surface area contributed by atoms with Crippen LogP contribution in [0, 0.1) is 0 Å². The van der Waals surface area contributed by atoms with Crippen molar-refractivity contribution in [3.8, 4) is 11.5 Å². The summed E-state index contributed by atoms with van der Waals surface area (Å²) in [5.41, 5.74) is 3.21. The van der Waals surface area contributed by atoms with Gasteiger partial charge in [0.1, 0.15) is 11.5 Å². The third-order valence-electron chi connectivity index (χ3n) is 3.93. The van der Waals surface area contributed by atoms with Crippen molar-refractivity contribution in [2.45, 2.75) is 0 Å². The number of carbonyl (C=O) groups excluding carboxylic acids is 1. The summed E-state index contributed by atoms with van der Waals surface area (Å²) in [5.74, 6) is 0.448. The maximum absolute atomic E-state index is 12.8. The molecule has 122 valence electrons. The van der Waals surface area contributed by atoms with Crippen LogP contribution in [0.5, 0.6) is 11.5 Å². The predicted octanol–water partition coefficient (Wildman–Crippen LogP) is 3.08. The van der Waals surface area contributed by atoms with Crippen LogP contribution in [-0.4, -0.2) is 41.0 Å². The van der Waals surface area contributed by atoms with Crippen molar-refractivity contribution in [3.63, 3.8) is 0 Å². The molecule has 0 aromatic heterocycles. The summed E-state index contributed by atoms with van der Waals surface area (Å²) >= 11 is 0. The summed E-state index contributed by atoms with van der Waals surface area (Å²) in [6, 6.07) is 13.6. The third-order valence-corrected chi connectivity index (χ3v) is 3.93. The number of nitrogens with zero attached hydrogens (tertiary/aromatic N) is 1. The Morgan fingerprint density at radius 3 is 1.54 bits per heavy atom. The van der Waals surface area contributed by atoms with Crippen LogP contribution in [0.3, 0.4) is 0 Å². The molecule has 0 radical (unpaired) electrons. The summed E-state index contributed by atoms with van der Waals surface area (Å²) in [6.45, 7) is 1.18. The lowest BCUT2D eigenvalue weighted by Crippen LogP contribution is -2.34. The van der Waals surface area contributed by atoms with Crippen molar-refractivity contribution in [2.75, 3.05) is 20.1 Å². The van der Waals surface area contributed by atoms with E-state index in [0.29, 0.717) is 13.1 Å². The van der Waals surface area contributed by atoms with Crippen LogP contribution < -0.4 is 0 Å². The van der Waals surface area contributed by atoms with Gasteiger partial charge in [0.15, 0.2) is 5.78 Å². The largest absolute Gasteiger partial charge is 0.508 e. The van der Waals surface area contributed by atoms with E-state index in [1.807, 2.05) is 19.2 Å². The first-order valence-electron chi connectivity index (χ1n) is 7.74. The molecule has 0 saturated carbocycles. The molecule has 0 unspecified atom stereocenters. The van der Waals surface area contributed by atoms with Gasteiger partial charge in [-0.2, -0.15) is 0 Å². The fourth-order valence-electron chi connectivity index (χ4n) is 2.75. The average Bonchev–Trinajstić information content (AvgIpc) is 2.56. The molecule has 2 aromatic carbocycles. The third kappa shape index (κ3) is 3.73. The maximum Gasteiger partial charge on any atom is 0.187 e. The fourth-order valence-corrected chi connectivity index (χ4v) is 2.75. The number of likely N-dealkylation sites (tertiary alicyclic amines) is 1. The van der Waals surface area contributed by atoms with E-state index in [-0.39, 0.29) is 17.3 Å². The van der Waals surface area contributed by atoms with Gasteiger partial charge in [-0.1, -0.05) is 24.3 Å². The summed E-state index contributed by atoms with van der Waals surface area (Å²) in [7, 11) is 1.97. The van der Waals surface area contributed by atoms with Crippen LogP contribution in [0.25, 0.3) is 12.2 Å². The van der Waals surface area contributed by atoms with E-state index in [1.165, 1.54) is 0 Å². The Labute approximate surface area is 141 Å². The standard InChI is InChI=1S/C20H19NO3/c1-21-12-16(10-14-2-6-18(22)7-3-14)20(24)17(13-21)11-15-4-8-19(23)9-5-15/h2-11,22-23H,12-13H2,1H3/b16-10+,17-11+. The molecule has 4 nitrogen and oxygen atoms in total. The van der Waals surface area contributed by atoms with Crippen molar-refractivity contribution in [3.05, 3.63) is 70.8 Å². The number of phenolic OH excluding ortho intramolecular Hbond substituents is 2. The highest BCUT2D eigenvalue weighted by Crippen LogP contribution is 2.22. The van der Waals surface area contributed by atoms with Crippen molar-refractivity contribution in [1.29, 1.82) is 0 Å². The van der Waals surface area contributed by atoms with E-state index in [0.717, 1.165) is 22.3 Å². The molecular weight excluding hydrogens is 302 g/mol. The topological polar surface area (TPSA) is 60.8 Å². The molecule has 0 bridgehead atoms. The van der Waals surface area contributed by atoms with Crippen LogP contribution in [0.2, 0.25) is 0 Å². The fraction of sp³-hybridized carbons (Fsp3) is 0.150. The number of aromatic hydroxyl groups is 2. The summed E-state index contributed by atoms with van der Waals surface area (Å²) in [5, 5.41) is 18.7. The zero-order valence-electron chi connectivity index (χ0n) is 13.4. The van der Waals surface area contributed by atoms with Gasteiger partial charge in [0.25, 0.3) is 0 Å². The van der Waals surface area contributed by atoms with Crippen molar-refractivity contribution >= 4 is 17.9 Å². The predicted molar refractivity (Wildman–Crippen MR) is 94.7 cm³/mol. The number of ketones is 1. The smallest absolute Gasteiger partial charge is 0.187 e. The highest BCUT2D eigenvalue weighted by Gasteiger charge is 2.23. The molecular formula is C20H19NO3. The van der Waals surface area contributed by atoms with Gasteiger partial charge in [-0.25, -0.2) is 0 Å². The Morgan fingerprint density at radius 2 is 1.17 bits per heavy atom. The number of benzene rings is 2. The molecule has 4 heteroatoms. The van der Waals surface area contributed by atoms with Crippen LogP contribution in [0.15, 0.2) is 59.7 Å². The van der Waals surface area contributed by atoms with E-state index < -0.39 is 0 Å². The average molecular weight is 321 g/mol. The van der Waals surface area contributed by atoms with E-state index in [9.17, 15) is 15.0 Å². The molecule has 1 heterocycles. The molecule has 2 aromatic rings. The first kappa shape index (κ1) is 16.0. The first-order valence-corrected chi connectivity index (χ1v) is 7.74. The van der Waals surface area contributed by atoms with Crippen molar-refractivity contribution in [1.82, 2.24) is 4.90 Å². The minimum absolute atomic E-state index is 0.0363. The lowest BCUT2D eigenvalue weighted by Gasteiger charge is -2.26. The molecule has 1 aliphatic rings. The highest BCUT2D eigenvalue weighted by molar-refractivity contribution is 6.14. The molecule has 0 amide bonds. The second kappa shape index (κ2) is 6.72. The Balaban J connectivity index is 1.90. The minimum atomic E-state index is 0.0363. The number of Topliss-reactive ketones (excluding diaryl/α,β-unsaturated/α-hetero) is 1. The zero-order valence-corrected chi connectivity index (χ0v) is 13.4. The Bertz CT molecular complexity index is 734. The summed E-state index contributed by atoms with van der Waals surface area (Å²) < 4.78 is 0. The number of hydrogen-bond acceptors (Lipinski definition) is 4. The molecule has 24 heavy (non-hydrogen) atoms. The summed E-state index contributed by atoms with van der Waals surface area (Å²) in [6.07, 6.45) is 3.73. The SMILES string of the molecule is CN1C/C(=C\c2ccc(O)cc2)C(=O)/C(=C/c2ccc(O)cc2)C1. The Hall–Kier alpha value is -2.85. The van der Waals surface area contributed by atoms with E-state index in [4.69, 9.17) is 0 Å². The quantitative estimate of drug-likeness (QED) is 0.835. The monoisotopic (exact) mass is 321 g/mol. The van der Waals surface area contributed by atoms with Gasteiger partial charge in [0, 0.05) is 24.2 Å². The highest BCUT2D eigenvalue weighted by atomic mass is 16.3. The van der Waals surface area contributed by atoms with Crippen LogP contribution >= 0.6 is 0 Å². The lowest BCUT2D eigenvalue weighted by molar-refractivity contribution is -0.113. The molecule has 3 rings (SSSR count). The number of piperidine rings is 1. The van der Waals surface area contributed by atoms with E-state index in [1.54, 1.807) is 48.5 Å². The molecule has 1 fully saturated rings. The number of rotatable bonds is 2. The lowest BCUT2D eigenvalue weighted by atomic mass is 9.94. The molecule has 1 saturated heterocycles. The van der Waals surface area contributed by atoms with Gasteiger partial charge < -0.3 is 10.2 Å². The molecule has 0 spiro atoms. The van der Waals surface area contributed by atoms with Crippen molar-refractivity contribution < 1.29 is 15.0 Å². The van der Waals surface area contributed by atoms with Crippen molar-refractivity contribution in [2.24, 2.45) is 0 Å². The van der Waals surface area contributed by atoms with Gasteiger partial charge in [-0.3, -0.25) is 9.69 Å². The maximum atomic E-state index is 12.8. The molecule has 1 aliphatic heterocycles. The Morgan fingerprint density at radius 1 is 0.792 bits per heavy atom. The first-order chi connectivity index (χ1) is 11.5. The number of likely N-dealkylation sites (N-methyl/N-ethyl adjacent to an activating group) is 1. The van der Waals surface area contributed by atoms with Gasteiger partial charge >= 0.3 is 0 Å². The molecule has 0 aliphatic carbocycles. The number of hydrogen-bond donors (Lipinski definition) is 2. The van der Waals surface area contributed by atoms with Gasteiger partial charge in [-0.05, 0) is 54.6 Å². The van der Waals surface area contributed by atoms with Crippen LogP contribution in [0.1, 0.15) is 11.1 Å². The zero-order chi connectivity index (χ0) is 17.1. The molecule has 2 N–H and O–H groups in total. The van der Waals surface area contributed by atoms with Gasteiger partial charge in [0.2, 0.25) is 0 Å². The van der Waals surface area contributed by atoms with E-state index >= 15 is 0 Å². The molecule has 0 atom stereocenters. The number of phenols is 2. The second-order valence-electron chi connectivity index (χ2n) is 6.02. The van der Waals surface area contributed by atoms with Gasteiger partial charge in [-0.15, -0.1) is 0 Å². The summed E-state index contributed by atoms with van der Waals surface area (Å²) in [4.78, 5) is 14.8. The minimum Gasteiger partial charge on any atom is -0.508 e. The van der Waals surface area contributed by atoms with Crippen LogP contribution in [-0.2, 0) is 4.79 Å². The van der Waals surface area contributed by atoms with E-state index in [2.05, 4.69) is 4.90 Å². The second-order valence-corrected chi connectivity index (χ2v) is 6.02. The van der Waals surface area contributed by atoms with Gasteiger partial charge in [0.05, 0.1) is 0 Å². The Kier molecular flexibility index (Phi) is 4.49. The van der Waals surface area contributed by atoms with Crippen LogP contribution in [0.4, 0.5) is 0 Å². The number of carbonyl (C=O) groups is 1.